The van der Waals surface area contributed by atoms with Gasteiger partial charge in [0.2, 0.25) is 0 Å². The van der Waals surface area contributed by atoms with E-state index in [0.717, 1.165) is 4.90 Å². The number of thioether (sulfide) groups is 1. The summed E-state index contributed by atoms with van der Waals surface area (Å²) in [6.07, 6.45) is 1.93. The number of para-hydroxylation sites is 1. The fourth-order valence-corrected chi connectivity index (χ4v) is 2.53. The molecular weight excluding hydrogens is 302 g/mol. The second-order valence-corrected chi connectivity index (χ2v) is 5.50. The molecule has 0 aliphatic heterocycles. The van der Waals surface area contributed by atoms with Gasteiger partial charge in [0.25, 0.3) is 5.91 Å². The number of benzene rings is 1. The molecule has 1 N–H and O–H groups in total. The van der Waals surface area contributed by atoms with Gasteiger partial charge in [0, 0.05) is 4.90 Å². The van der Waals surface area contributed by atoms with Crippen LogP contribution in [0.15, 0.2) is 39.6 Å². The molecule has 0 aliphatic carbocycles. The normalized spacial score (nSPS) is 10.3. The van der Waals surface area contributed by atoms with Crippen LogP contribution in [0.25, 0.3) is 0 Å². The second kappa shape index (κ2) is 7.17. The fourth-order valence-electron chi connectivity index (χ4n) is 1.98. The molecule has 0 saturated heterocycles. The van der Waals surface area contributed by atoms with Crippen LogP contribution in [0.1, 0.15) is 21.9 Å². The first-order valence-corrected chi connectivity index (χ1v) is 7.90. The maximum atomic E-state index is 11.9. The highest BCUT2D eigenvalue weighted by Crippen LogP contribution is 2.24. The smallest absolute Gasteiger partial charge is 0.342 e. The van der Waals surface area contributed by atoms with Crippen LogP contribution in [0, 0.1) is 13.8 Å². The predicted molar refractivity (Wildman–Crippen MR) is 85.3 cm³/mol. The molecule has 0 saturated carbocycles. The van der Waals surface area contributed by atoms with Crippen molar-refractivity contribution in [2.45, 2.75) is 18.7 Å². The number of hydrogen-bond donors (Lipinski definition) is 1. The van der Waals surface area contributed by atoms with Gasteiger partial charge in [-0.2, -0.15) is 0 Å². The van der Waals surface area contributed by atoms with E-state index in [1.165, 1.54) is 11.8 Å². The Labute approximate surface area is 133 Å². The third-order valence-corrected chi connectivity index (χ3v) is 3.77. The van der Waals surface area contributed by atoms with Gasteiger partial charge in [-0.05, 0) is 38.3 Å². The van der Waals surface area contributed by atoms with E-state index in [9.17, 15) is 9.59 Å². The number of rotatable bonds is 5. The molecule has 0 radical (unpaired) electrons. The first-order valence-electron chi connectivity index (χ1n) is 6.68. The molecule has 0 atom stereocenters. The third-order valence-electron chi connectivity index (χ3n) is 2.98. The average Bonchev–Trinajstić information content (AvgIpc) is 2.84. The number of carbonyl (C=O) groups is 2. The van der Waals surface area contributed by atoms with Crippen LogP contribution in [0.5, 0.6) is 0 Å². The van der Waals surface area contributed by atoms with Gasteiger partial charge in [0.1, 0.15) is 17.1 Å². The zero-order valence-corrected chi connectivity index (χ0v) is 13.5. The molecule has 116 valence electrons. The minimum absolute atomic E-state index is 0.342. The van der Waals surface area contributed by atoms with Gasteiger partial charge >= 0.3 is 5.97 Å². The lowest BCUT2D eigenvalue weighted by molar-refractivity contribution is -0.119. The van der Waals surface area contributed by atoms with Gasteiger partial charge in [0.05, 0.1) is 5.69 Å². The number of esters is 1. The largest absolute Gasteiger partial charge is 0.466 e. The zero-order chi connectivity index (χ0) is 16.1. The van der Waals surface area contributed by atoms with Gasteiger partial charge < -0.3 is 14.5 Å². The standard InChI is InChI=1S/C16H17NO4S/c1-10-8-12(11(2)21-10)16(19)20-9-15(18)17-13-6-4-5-7-14(13)22-3/h4-8H,9H2,1-3H3,(H,17,18). The summed E-state index contributed by atoms with van der Waals surface area (Å²) < 4.78 is 10.3. The number of hydrogen-bond acceptors (Lipinski definition) is 5. The van der Waals surface area contributed by atoms with Gasteiger partial charge in [-0.1, -0.05) is 12.1 Å². The molecule has 1 amide bonds. The van der Waals surface area contributed by atoms with Crippen LogP contribution in [0.4, 0.5) is 5.69 Å². The van der Waals surface area contributed by atoms with Crippen molar-refractivity contribution >= 4 is 29.3 Å². The number of furan rings is 1. The summed E-state index contributed by atoms with van der Waals surface area (Å²) in [5.74, 6) is 0.161. The van der Waals surface area contributed by atoms with E-state index in [4.69, 9.17) is 9.15 Å². The van der Waals surface area contributed by atoms with E-state index in [-0.39, 0.29) is 12.5 Å². The minimum atomic E-state index is -0.567. The summed E-state index contributed by atoms with van der Waals surface area (Å²) in [6.45, 7) is 3.08. The highest BCUT2D eigenvalue weighted by atomic mass is 32.2. The summed E-state index contributed by atoms with van der Waals surface area (Å²) in [5, 5.41) is 2.73. The third kappa shape index (κ3) is 3.92. The van der Waals surface area contributed by atoms with Crippen molar-refractivity contribution in [2.75, 3.05) is 18.2 Å². The van der Waals surface area contributed by atoms with Crippen LogP contribution < -0.4 is 5.32 Å². The van der Waals surface area contributed by atoms with Crippen LogP contribution >= 0.6 is 11.8 Å². The molecule has 0 spiro atoms. The van der Waals surface area contributed by atoms with Crippen molar-refractivity contribution in [1.29, 1.82) is 0 Å². The first kappa shape index (κ1) is 16.2. The van der Waals surface area contributed by atoms with E-state index in [1.54, 1.807) is 26.0 Å². The Balaban J connectivity index is 1.93. The molecule has 1 aromatic heterocycles. The lowest BCUT2D eigenvalue weighted by atomic mass is 10.2. The maximum absolute atomic E-state index is 11.9. The van der Waals surface area contributed by atoms with Gasteiger partial charge in [-0.15, -0.1) is 11.8 Å². The van der Waals surface area contributed by atoms with Crippen LogP contribution in [-0.4, -0.2) is 24.7 Å². The van der Waals surface area contributed by atoms with Gasteiger partial charge in [-0.3, -0.25) is 4.79 Å². The minimum Gasteiger partial charge on any atom is -0.466 e. The van der Waals surface area contributed by atoms with Crippen molar-refractivity contribution in [3.05, 3.63) is 47.4 Å². The monoisotopic (exact) mass is 319 g/mol. The quantitative estimate of drug-likeness (QED) is 0.675. The predicted octanol–water partition coefficient (Wildman–Crippen LogP) is 3.41. The Morgan fingerprint density at radius 2 is 2.00 bits per heavy atom. The summed E-state index contributed by atoms with van der Waals surface area (Å²) >= 11 is 1.53. The molecule has 0 aliphatic rings. The second-order valence-electron chi connectivity index (χ2n) is 4.65. The van der Waals surface area contributed by atoms with Crippen molar-refractivity contribution in [2.24, 2.45) is 0 Å². The number of nitrogens with one attached hydrogen (secondary N) is 1. The summed E-state index contributed by atoms with van der Waals surface area (Å²) in [5.41, 5.74) is 1.04. The van der Waals surface area contributed by atoms with E-state index in [2.05, 4.69) is 5.32 Å². The van der Waals surface area contributed by atoms with E-state index in [0.29, 0.717) is 22.8 Å². The molecule has 22 heavy (non-hydrogen) atoms. The summed E-state index contributed by atoms with van der Waals surface area (Å²) in [6, 6.07) is 9.03. The Kier molecular flexibility index (Phi) is 5.27. The first-order chi connectivity index (χ1) is 10.5. The molecule has 0 fully saturated rings. The Bertz CT molecular complexity index is 693. The zero-order valence-electron chi connectivity index (χ0n) is 12.6. The highest BCUT2D eigenvalue weighted by Gasteiger charge is 2.16. The lowest BCUT2D eigenvalue weighted by Crippen LogP contribution is -2.21. The Morgan fingerprint density at radius 3 is 2.64 bits per heavy atom. The topological polar surface area (TPSA) is 68.5 Å². The lowest BCUT2D eigenvalue weighted by Gasteiger charge is -2.09. The number of aryl methyl sites for hydroxylation is 2. The number of anilines is 1. The molecule has 2 aromatic rings. The molecule has 0 unspecified atom stereocenters. The van der Waals surface area contributed by atoms with Crippen LogP contribution in [0.2, 0.25) is 0 Å². The summed E-state index contributed by atoms with van der Waals surface area (Å²) in [4.78, 5) is 24.7. The molecule has 1 aromatic carbocycles. The molecule has 6 heteroatoms. The van der Waals surface area contributed by atoms with Crippen LogP contribution in [-0.2, 0) is 9.53 Å². The summed E-state index contributed by atoms with van der Waals surface area (Å²) in [7, 11) is 0. The highest BCUT2D eigenvalue weighted by molar-refractivity contribution is 7.98. The number of amides is 1. The van der Waals surface area contributed by atoms with Crippen molar-refractivity contribution in [3.8, 4) is 0 Å². The molecule has 1 heterocycles. The van der Waals surface area contributed by atoms with Gasteiger partial charge in [0.15, 0.2) is 6.61 Å². The molecule has 0 bridgehead atoms. The molecular formula is C16H17NO4S. The number of carbonyl (C=O) groups excluding carboxylic acids is 2. The Morgan fingerprint density at radius 1 is 1.27 bits per heavy atom. The molecule has 2 rings (SSSR count). The van der Waals surface area contributed by atoms with Gasteiger partial charge in [-0.25, -0.2) is 4.79 Å². The van der Waals surface area contributed by atoms with Crippen molar-refractivity contribution < 1.29 is 18.7 Å². The maximum Gasteiger partial charge on any atom is 0.342 e. The van der Waals surface area contributed by atoms with E-state index in [1.807, 2.05) is 24.5 Å². The molecule has 5 nitrogen and oxygen atoms in total. The fraction of sp³-hybridized carbons (Fsp3) is 0.250. The number of ether oxygens (including phenoxy) is 1. The van der Waals surface area contributed by atoms with E-state index < -0.39 is 5.97 Å². The SMILES string of the molecule is CSc1ccccc1NC(=O)COC(=O)c1cc(C)oc1C. The van der Waals surface area contributed by atoms with E-state index >= 15 is 0 Å². The van der Waals surface area contributed by atoms with Crippen molar-refractivity contribution in [3.63, 3.8) is 0 Å². The van der Waals surface area contributed by atoms with Crippen LogP contribution in [0.3, 0.4) is 0 Å². The Hall–Kier alpha value is -2.21. The van der Waals surface area contributed by atoms with Crippen molar-refractivity contribution in [1.82, 2.24) is 0 Å². The average molecular weight is 319 g/mol.